The molecule has 4 rings (SSSR count). The molecule has 0 radical (unpaired) electrons. The van der Waals surface area contributed by atoms with E-state index in [9.17, 15) is 4.79 Å². The first-order valence-electron chi connectivity index (χ1n) is 8.91. The van der Waals surface area contributed by atoms with Crippen LogP contribution in [0.3, 0.4) is 0 Å². The number of methoxy groups -OCH3 is 1. The SMILES string of the molecule is COc1ccc(C(NC(=O)Cc2ccc3c(c2)CCO3)C2CC2)cc1. The van der Waals surface area contributed by atoms with Crippen molar-refractivity contribution in [2.75, 3.05) is 13.7 Å². The molecule has 2 aromatic carbocycles. The van der Waals surface area contributed by atoms with E-state index in [0.717, 1.165) is 35.7 Å². The van der Waals surface area contributed by atoms with E-state index >= 15 is 0 Å². The van der Waals surface area contributed by atoms with E-state index in [4.69, 9.17) is 9.47 Å². The zero-order valence-corrected chi connectivity index (χ0v) is 14.5. The fraction of sp³-hybridized carbons (Fsp3) is 0.381. The van der Waals surface area contributed by atoms with Crippen LogP contribution in [0.5, 0.6) is 11.5 Å². The van der Waals surface area contributed by atoms with Gasteiger partial charge < -0.3 is 14.8 Å². The zero-order valence-electron chi connectivity index (χ0n) is 14.5. The van der Waals surface area contributed by atoms with Crippen LogP contribution in [-0.4, -0.2) is 19.6 Å². The summed E-state index contributed by atoms with van der Waals surface area (Å²) in [4.78, 5) is 12.6. The van der Waals surface area contributed by atoms with Gasteiger partial charge in [-0.2, -0.15) is 0 Å². The van der Waals surface area contributed by atoms with Gasteiger partial charge in [0, 0.05) is 6.42 Å². The Labute approximate surface area is 148 Å². The quantitative estimate of drug-likeness (QED) is 0.878. The maximum atomic E-state index is 12.6. The van der Waals surface area contributed by atoms with Gasteiger partial charge in [0.1, 0.15) is 11.5 Å². The van der Waals surface area contributed by atoms with Gasteiger partial charge in [0.05, 0.1) is 26.2 Å². The van der Waals surface area contributed by atoms with Crippen molar-refractivity contribution in [1.29, 1.82) is 0 Å². The first kappa shape index (κ1) is 16.0. The van der Waals surface area contributed by atoms with Gasteiger partial charge in [0.2, 0.25) is 5.91 Å². The lowest BCUT2D eigenvalue weighted by Gasteiger charge is -2.19. The Bertz CT molecular complexity index is 765. The summed E-state index contributed by atoms with van der Waals surface area (Å²) in [6.45, 7) is 0.742. The minimum atomic E-state index is 0.0755. The second-order valence-corrected chi connectivity index (χ2v) is 6.87. The highest BCUT2D eigenvalue weighted by Gasteiger charge is 2.33. The lowest BCUT2D eigenvalue weighted by molar-refractivity contribution is -0.121. The normalized spacial score (nSPS) is 16.7. The van der Waals surface area contributed by atoms with Crippen LogP contribution in [0, 0.1) is 5.92 Å². The van der Waals surface area contributed by atoms with Gasteiger partial charge in [0.15, 0.2) is 0 Å². The molecule has 25 heavy (non-hydrogen) atoms. The Kier molecular flexibility index (Phi) is 4.35. The molecular weight excluding hydrogens is 314 g/mol. The lowest BCUT2D eigenvalue weighted by atomic mass is 10.0. The predicted octanol–water partition coefficient (Wildman–Crippen LogP) is 3.44. The maximum absolute atomic E-state index is 12.6. The Hall–Kier alpha value is -2.49. The molecule has 1 aliphatic heterocycles. The monoisotopic (exact) mass is 337 g/mol. The van der Waals surface area contributed by atoms with Gasteiger partial charge in [-0.3, -0.25) is 4.79 Å². The molecule has 4 nitrogen and oxygen atoms in total. The minimum absolute atomic E-state index is 0.0755. The smallest absolute Gasteiger partial charge is 0.224 e. The topological polar surface area (TPSA) is 47.6 Å². The van der Waals surface area contributed by atoms with Gasteiger partial charge in [-0.15, -0.1) is 0 Å². The summed E-state index contributed by atoms with van der Waals surface area (Å²) in [5.74, 6) is 2.42. The molecule has 1 saturated carbocycles. The van der Waals surface area contributed by atoms with Gasteiger partial charge in [-0.25, -0.2) is 0 Å². The molecule has 1 N–H and O–H groups in total. The molecule has 1 fully saturated rings. The number of nitrogens with one attached hydrogen (secondary N) is 1. The van der Waals surface area contributed by atoms with Crippen molar-refractivity contribution >= 4 is 5.91 Å². The number of amides is 1. The van der Waals surface area contributed by atoms with Gasteiger partial charge in [-0.1, -0.05) is 24.3 Å². The fourth-order valence-corrected chi connectivity index (χ4v) is 3.47. The summed E-state index contributed by atoms with van der Waals surface area (Å²) in [5.41, 5.74) is 3.41. The molecule has 2 aliphatic rings. The standard InChI is InChI=1S/C21H23NO3/c1-24-18-7-5-16(6-8-18)21(15-3-4-15)22-20(23)13-14-2-9-19-17(12-14)10-11-25-19/h2,5-9,12,15,21H,3-4,10-11,13H2,1H3,(H,22,23). The summed E-state index contributed by atoms with van der Waals surface area (Å²) >= 11 is 0. The number of hydrogen-bond acceptors (Lipinski definition) is 3. The van der Waals surface area contributed by atoms with Crippen LogP contribution in [0.4, 0.5) is 0 Å². The summed E-state index contributed by atoms with van der Waals surface area (Å²) < 4.78 is 10.8. The van der Waals surface area contributed by atoms with Crippen LogP contribution in [-0.2, 0) is 17.6 Å². The second kappa shape index (κ2) is 6.79. The molecule has 130 valence electrons. The largest absolute Gasteiger partial charge is 0.497 e. The molecule has 1 heterocycles. The van der Waals surface area contributed by atoms with E-state index in [0.29, 0.717) is 12.3 Å². The van der Waals surface area contributed by atoms with E-state index in [1.165, 1.54) is 18.4 Å². The Morgan fingerprint density at radius 3 is 2.76 bits per heavy atom. The molecule has 1 aliphatic carbocycles. The summed E-state index contributed by atoms with van der Waals surface area (Å²) in [6.07, 6.45) is 3.69. The number of carbonyl (C=O) groups is 1. The van der Waals surface area contributed by atoms with Crippen molar-refractivity contribution in [3.63, 3.8) is 0 Å². The Balaban J connectivity index is 1.44. The lowest BCUT2D eigenvalue weighted by Crippen LogP contribution is -2.31. The molecular formula is C21H23NO3. The van der Waals surface area contributed by atoms with Crippen molar-refractivity contribution in [2.45, 2.75) is 31.7 Å². The maximum Gasteiger partial charge on any atom is 0.224 e. The number of hydrogen-bond donors (Lipinski definition) is 1. The minimum Gasteiger partial charge on any atom is -0.497 e. The van der Waals surface area contributed by atoms with Gasteiger partial charge >= 0.3 is 0 Å². The highest BCUT2D eigenvalue weighted by Crippen LogP contribution is 2.41. The second-order valence-electron chi connectivity index (χ2n) is 6.87. The Morgan fingerprint density at radius 2 is 2.04 bits per heavy atom. The van der Waals surface area contributed by atoms with E-state index in [-0.39, 0.29) is 11.9 Å². The molecule has 1 unspecified atom stereocenters. The fourth-order valence-electron chi connectivity index (χ4n) is 3.47. The van der Waals surface area contributed by atoms with E-state index < -0.39 is 0 Å². The van der Waals surface area contributed by atoms with Crippen molar-refractivity contribution < 1.29 is 14.3 Å². The summed E-state index contributed by atoms with van der Waals surface area (Å²) in [7, 11) is 1.66. The number of rotatable bonds is 6. The average Bonchev–Trinajstić information content (AvgIpc) is 3.37. The molecule has 0 bridgehead atoms. The molecule has 1 atom stereocenters. The molecule has 1 amide bonds. The highest BCUT2D eigenvalue weighted by atomic mass is 16.5. The zero-order chi connectivity index (χ0) is 17.2. The molecule has 2 aromatic rings. The van der Waals surface area contributed by atoms with Crippen LogP contribution in [0.1, 0.15) is 35.6 Å². The average molecular weight is 337 g/mol. The number of fused-ring (bicyclic) bond motifs is 1. The molecule has 0 spiro atoms. The molecule has 0 aromatic heterocycles. The molecule has 0 saturated heterocycles. The van der Waals surface area contributed by atoms with Crippen LogP contribution in [0.2, 0.25) is 0 Å². The number of ether oxygens (including phenoxy) is 2. The van der Waals surface area contributed by atoms with Gasteiger partial charge in [-0.05, 0) is 53.6 Å². The summed E-state index contributed by atoms with van der Waals surface area (Å²) in [5, 5.41) is 3.24. The van der Waals surface area contributed by atoms with E-state index in [1.54, 1.807) is 7.11 Å². The third kappa shape index (κ3) is 3.63. The third-order valence-electron chi connectivity index (χ3n) is 5.00. The summed E-state index contributed by atoms with van der Waals surface area (Å²) in [6, 6.07) is 14.2. The Morgan fingerprint density at radius 1 is 1.24 bits per heavy atom. The third-order valence-corrected chi connectivity index (χ3v) is 5.00. The van der Waals surface area contributed by atoms with Crippen LogP contribution in [0.25, 0.3) is 0 Å². The van der Waals surface area contributed by atoms with Crippen molar-refractivity contribution in [3.05, 3.63) is 59.2 Å². The highest BCUT2D eigenvalue weighted by molar-refractivity contribution is 5.79. The first-order valence-corrected chi connectivity index (χ1v) is 8.91. The van der Waals surface area contributed by atoms with Crippen LogP contribution >= 0.6 is 0 Å². The van der Waals surface area contributed by atoms with Crippen molar-refractivity contribution in [1.82, 2.24) is 5.32 Å². The first-order chi connectivity index (χ1) is 12.2. The van der Waals surface area contributed by atoms with E-state index in [2.05, 4.69) is 23.5 Å². The predicted molar refractivity (Wildman–Crippen MR) is 95.9 cm³/mol. The van der Waals surface area contributed by atoms with Crippen molar-refractivity contribution in [2.24, 2.45) is 5.92 Å². The van der Waals surface area contributed by atoms with E-state index in [1.807, 2.05) is 24.3 Å². The number of benzene rings is 2. The van der Waals surface area contributed by atoms with Gasteiger partial charge in [0.25, 0.3) is 0 Å². The molecule has 4 heteroatoms. The number of carbonyl (C=O) groups excluding carboxylic acids is 1. The van der Waals surface area contributed by atoms with Crippen molar-refractivity contribution in [3.8, 4) is 11.5 Å². The van der Waals surface area contributed by atoms with Crippen LogP contribution < -0.4 is 14.8 Å². The van der Waals surface area contributed by atoms with Crippen LogP contribution in [0.15, 0.2) is 42.5 Å².